The molecule has 3 aromatic heterocycles. The Hall–Kier alpha value is -3.87. The molecule has 5 rings (SSSR count). The molecule has 0 atom stereocenters. The van der Waals surface area contributed by atoms with E-state index in [1.54, 1.807) is 12.1 Å². The fourth-order valence-electron chi connectivity index (χ4n) is 3.77. The lowest BCUT2D eigenvalue weighted by Gasteiger charge is -2.12. The zero-order valence-corrected chi connectivity index (χ0v) is 16.0. The Labute approximate surface area is 169 Å². The van der Waals surface area contributed by atoms with Gasteiger partial charge in [0.2, 0.25) is 0 Å². The molecule has 0 fully saturated rings. The second-order valence-electron chi connectivity index (χ2n) is 7.18. The molecule has 0 spiro atoms. The van der Waals surface area contributed by atoms with Crippen molar-refractivity contribution in [3.05, 3.63) is 94.8 Å². The van der Waals surface area contributed by atoms with Crippen molar-refractivity contribution in [2.45, 2.75) is 6.54 Å². The van der Waals surface area contributed by atoms with Crippen LogP contribution in [0.25, 0.3) is 33.1 Å². The van der Waals surface area contributed by atoms with E-state index in [2.05, 4.69) is 9.97 Å². The predicted molar refractivity (Wildman–Crippen MR) is 111 cm³/mol. The minimum Gasteiger partial charge on any atom is -0.356 e. The SMILES string of the molecule is Cn1cc2cccc(-c3cc(F)c(Cn4c(=O)cnc5cccnc54)c(F)c3)c2c1. The van der Waals surface area contributed by atoms with Crippen LogP contribution < -0.4 is 5.56 Å². The number of halogens is 2. The minimum absolute atomic E-state index is 0.195. The number of aryl methyl sites for hydroxylation is 1. The van der Waals surface area contributed by atoms with E-state index >= 15 is 8.78 Å². The monoisotopic (exact) mass is 402 g/mol. The van der Waals surface area contributed by atoms with Crippen molar-refractivity contribution >= 4 is 21.9 Å². The average molecular weight is 402 g/mol. The van der Waals surface area contributed by atoms with Gasteiger partial charge in [-0.15, -0.1) is 0 Å². The molecule has 5 aromatic rings. The molecule has 5 nitrogen and oxygen atoms in total. The number of aromatic nitrogens is 4. The molecule has 0 bridgehead atoms. The molecule has 148 valence electrons. The summed E-state index contributed by atoms with van der Waals surface area (Å²) in [6.45, 7) is -0.275. The molecule has 0 unspecified atom stereocenters. The van der Waals surface area contributed by atoms with Crippen molar-refractivity contribution in [3.8, 4) is 11.1 Å². The first-order valence-electron chi connectivity index (χ1n) is 9.35. The van der Waals surface area contributed by atoms with Crippen LogP contribution in [0.2, 0.25) is 0 Å². The first-order valence-corrected chi connectivity index (χ1v) is 9.35. The molecule has 0 saturated carbocycles. The zero-order chi connectivity index (χ0) is 20.8. The van der Waals surface area contributed by atoms with E-state index < -0.39 is 17.2 Å². The highest BCUT2D eigenvalue weighted by atomic mass is 19.1. The Bertz CT molecular complexity index is 1460. The van der Waals surface area contributed by atoms with Crippen molar-refractivity contribution in [1.29, 1.82) is 0 Å². The quantitative estimate of drug-likeness (QED) is 0.453. The number of fused-ring (bicyclic) bond motifs is 2. The first-order chi connectivity index (χ1) is 14.5. The number of rotatable bonds is 3. The molecule has 3 heterocycles. The van der Waals surface area contributed by atoms with Gasteiger partial charge in [0.15, 0.2) is 5.65 Å². The second-order valence-corrected chi connectivity index (χ2v) is 7.18. The number of nitrogens with zero attached hydrogens (tertiary/aromatic N) is 4. The van der Waals surface area contributed by atoms with E-state index in [9.17, 15) is 4.79 Å². The normalized spacial score (nSPS) is 11.4. The molecule has 7 heteroatoms. The fraction of sp³-hybridized carbons (Fsp3) is 0.0870. The van der Waals surface area contributed by atoms with E-state index in [1.165, 1.54) is 22.9 Å². The van der Waals surface area contributed by atoms with Crippen molar-refractivity contribution in [2.75, 3.05) is 0 Å². The Morgan fingerprint density at radius 1 is 1.00 bits per heavy atom. The van der Waals surface area contributed by atoms with Crippen molar-refractivity contribution in [3.63, 3.8) is 0 Å². The van der Waals surface area contributed by atoms with Gasteiger partial charge in [-0.25, -0.2) is 18.7 Å². The lowest BCUT2D eigenvalue weighted by molar-refractivity contribution is 0.544. The molecular weight excluding hydrogens is 386 g/mol. The van der Waals surface area contributed by atoms with E-state index in [4.69, 9.17) is 0 Å². The fourth-order valence-corrected chi connectivity index (χ4v) is 3.77. The maximum atomic E-state index is 15.0. The van der Waals surface area contributed by atoms with E-state index in [-0.39, 0.29) is 17.8 Å². The maximum Gasteiger partial charge on any atom is 0.270 e. The molecule has 0 aliphatic rings. The van der Waals surface area contributed by atoms with Gasteiger partial charge in [0.05, 0.1) is 12.7 Å². The summed E-state index contributed by atoms with van der Waals surface area (Å²) in [5.41, 5.74) is 1.27. The Morgan fingerprint density at radius 3 is 2.60 bits per heavy atom. The Morgan fingerprint density at radius 2 is 1.80 bits per heavy atom. The highest BCUT2D eigenvalue weighted by Gasteiger charge is 2.16. The van der Waals surface area contributed by atoms with E-state index in [1.807, 2.05) is 42.2 Å². The van der Waals surface area contributed by atoms with Gasteiger partial charge in [0.1, 0.15) is 17.2 Å². The topological polar surface area (TPSA) is 52.7 Å². The van der Waals surface area contributed by atoms with Crippen molar-refractivity contribution in [2.24, 2.45) is 7.05 Å². The van der Waals surface area contributed by atoms with E-state index in [0.717, 1.165) is 22.5 Å². The van der Waals surface area contributed by atoms with Gasteiger partial charge < -0.3 is 4.57 Å². The van der Waals surface area contributed by atoms with Gasteiger partial charge in [0, 0.05) is 36.6 Å². The molecule has 0 saturated heterocycles. The summed E-state index contributed by atoms with van der Waals surface area (Å²) in [4.78, 5) is 20.5. The summed E-state index contributed by atoms with van der Waals surface area (Å²) in [5.74, 6) is -1.43. The van der Waals surface area contributed by atoms with Crippen LogP contribution >= 0.6 is 0 Å². The van der Waals surface area contributed by atoms with Crippen LogP contribution in [-0.4, -0.2) is 19.1 Å². The van der Waals surface area contributed by atoms with Crippen LogP contribution in [0.5, 0.6) is 0 Å². The van der Waals surface area contributed by atoms with Crippen molar-refractivity contribution < 1.29 is 8.78 Å². The van der Waals surface area contributed by atoms with Gasteiger partial charge >= 0.3 is 0 Å². The third kappa shape index (κ3) is 2.95. The van der Waals surface area contributed by atoms with Gasteiger partial charge in [0.25, 0.3) is 5.56 Å². The van der Waals surface area contributed by atoms with Crippen LogP contribution in [0.3, 0.4) is 0 Å². The highest BCUT2D eigenvalue weighted by Crippen LogP contribution is 2.31. The molecule has 2 aromatic carbocycles. The van der Waals surface area contributed by atoms with Gasteiger partial charge in [-0.1, -0.05) is 18.2 Å². The van der Waals surface area contributed by atoms with Crippen LogP contribution in [0.1, 0.15) is 5.56 Å². The highest BCUT2D eigenvalue weighted by molar-refractivity contribution is 5.96. The minimum atomic E-state index is -0.717. The maximum absolute atomic E-state index is 15.0. The predicted octanol–water partition coefficient (Wildman–Crippen LogP) is 4.28. The van der Waals surface area contributed by atoms with Gasteiger partial charge in [-0.3, -0.25) is 9.36 Å². The summed E-state index contributed by atoms with van der Waals surface area (Å²) in [7, 11) is 1.90. The lowest BCUT2D eigenvalue weighted by atomic mass is 9.99. The molecular formula is C23H16F2N4O. The molecule has 30 heavy (non-hydrogen) atoms. The molecule has 0 radical (unpaired) electrons. The standard InChI is InChI=1S/C23H16F2N4O/c1-28-11-14-4-2-5-16(17(14)12-28)15-8-19(24)18(20(25)9-15)13-29-22(30)10-27-21-6-3-7-26-23(21)29/h2-12H,13H2,1H3. The molecule has 0 aliphatic heterocycles. The summed E-state index contributed by atoms with van der Waals surface area (Å²) in [6, 6.07) is 11.6. The number of hydrogen-bond acceptors (Lipinski definition) is 3. The third-order valence-corrected chi connectivity index (χ3v) is 5.19. The second kappa shape index (κ2) is 6.88. The number of benzene rings is 2. The van der Waals surface area contributed by atoms with Crippen LogP contribution in [-0.2, 0) is 13.6 Å². The summed E-state index contributed by atoms with van der Waals surface area (Å²) < 4.78 is 33.2. The van der Waals surface area contributed by atoms with E-state index in [0.29, 0.717) is 11.1 Å². The summed E-state index contributed by atoms with van der Waals surface area (Å²) in [6.07, 6.45) is 6.51. The van der Waals surface area contributed by atoms with Crippen LogP contribution in [0.4, 0.5) is 8.78 Å². The zero-order valence-electron chi connectivity index (χ0n) is 16.0. The Balaban J connectivity index is 1.63. The summed E-state index contributed by atoms with van der Waals surface area (Å²) >= 11 is 0. The molecule has 0 N–H and O–H groups in total. The average Bonchev–Trinajstić information content (AvgIpc) is 3.12. The van der Waals surface area contributed by atoms with Crippen LogP contribution in [0, 0.1) is 11.6 Å². The number of hydrogen-bond donors (Lipinski definition) is 0. The van der Waals surface area contributed by atoms with Crippen molar-refractivity contribution in [1.82, 2.24) is 19.1 Å². The molecule has 0 amide bonds. The third-order valence-electron chi connectivity index (χ3n) is 5.19. The van der Waals surface area contributed by atoms with Gasteiger partial charge in [-0.2, -0.15) is 0 Å². The summed E-state index contributed by atoms with van der Waals surface area (Å²) in [5, 5.41) is 1.90. The van der Waals surface area contributed by atoms with Gasteiger partial charge in [-0.05, 0) is 40.8 Å². The lowest BCUT2D eigenvalue weighted by Crippen LogP contribution is -2.23. The van der Waals surface area contributed by atoms with Crippen LogP contribution in [0.15, 0.2) is 72.0 Å². The molecule has 0 aliphatic carbocycles. The number of pyridine rings is 1. The smallest absolute Gasteiger partial charge is 0.270 e. The first kappa shape index (κ1) is 18.2. The largest absolute Gasteiger partial charge is 0.356 e. The Kier molecular flexibility index (Phi) is 4.17.